The fourth-order valence-electron chi connectivity index (χ4n) is 2.28. The Balaban J connectivity index is -0.000000416. The van der Waals surface area contributed by atoms with Crippen LogP contribution in [0.15, 0.2) is 0 Å². The molecule has 0 fully saturated rings. The number of amides is 1. The van der Waals surface area contributed by atoms with Gasteiger partial charge in [0.25, 0.3) is 0 Å². The van der Waals surface area contributed by atoms with Gasteiger partial charge in [-0.3, -0.25) is 15.0 Å². The number of primary amides is 1. The van der Waals surface area contributed by atoms with Gasteiger partial charge in [0.1, 0.15) is 6.04 Å². The Hall–Kier alpha value is -1.54. The zero-order valence-corrected chi connectivity index (χ0v) is 17.5. The normalized spacial score (nSPS) is 10.7. The third kappa shape index (κ3) is 29.5. The molecule has 162 valence electrons. The SMILES string of the molecule is CCCCCCCCCCCC(N)=O.Cl.N=C(N)NCCC[C@H](N)C(=O)O. The second-order valence-corrected chi connectivity index (χ2v) is 6.47. The maximum absolute atomic E-state index is 10.4. The first-order valence-electron chi connectivity index (χ1n) is 9.65. The van der Waals surface area contributed by atoms with Crippen molar-refractivity contribution in [2.45, 2.75) is 90.0 Å². The number of unbranched alkanes of at least 4 members (excludes halogenated alkanes) is 8. The van der Waals surface area contributed by atoms with Crippen LogP contribution < -0.4 is 22.5 Å². The number of carbonyl (C=O) groups excluding carboxylic acids is 1. The third-order valence-electron chi connectivity index (χ3n) is 3.85. The molecule has 0 aromatic heterocycles. The summed E-state index contributed by atoms with van der Waals surface area (Å²) in [6, 6.07) is -0.821. The lowest BCUT2D eigenvalue weighted by Crippen LogP contribution is -2.34. The topological polar surface area (TPSA) is 168 Å². The van der Waals surface area contributed by atoms with E-state index >= 15 is 0 Å². The average Bonchev–Trinajstić information content (AvgIpc) is 2.57. The number of nitrogens with one attached hydrogen (secondary N) is 2. The Morgan fingerprint density at radius 1 is 0.963 bits per heavy atom. The van der Waals surface area contributed by atoms with Gasteiger partial charge in [-0.05, 0) is 19.3 Å². The van der Waals surface area contributed by atoms with E-state index in [-0.39, 0.29) is 24.3 Å². The first-order valence-corrected chi connectivity index (χ1v) is 9.65. The van der Waals surface area contributed by atoms with Crippen molar-refractivity contribution < 1.29 is 14.7 Å². The molecule has 27 heavy (non-hydrogen) atoms. The van der Waals surface area contributed by atoms with Gasteiger partial charge in [0.05, 0.1) is 0 Å². The first kappa shape index (κ1) is 30.2. The van der Waals surface area contributed by atoms with Gasteiger partial charge in [-0.25, -0.2) is 0 Å². The van der Waals surface area contributed by atoms with Crippen LogP contribution in [0, 0.1) is 5.41 Å². The van der Waals surface area contributed by atoms with Crippen LogP contribution in [0.5, 0.6) is 0 Å². The molecule has 0 saturated carbocycles. The van der Waals surface area contributed by atoms with Crippen LogP contribution >= 0.6 is 12.4 Å². The lowest BCUT2D eigenvalue weighted by Gasteiger charge is -2.06. The summed E-state index contributed by atoms with van der Waals surface area (Å²) in [6.07, 6.45) is 13.1. The summed E-state index contributed by atoms with van der Waals surface area (Å²) >= 11 is 0. The fraction of sp³-hybridized carbons (Fsp3) is 0.833. The van der Waals surface area contributed by atoms with Gasteiger partial charge in [-0.2, -0.15) is 0 Å². The Kier molecular flexibility index (Phi) is 25.2. The molecule has 0 rings (SSSR count). The lowest BCUT2D eigenvalue weighted by molar-refractivity contribution is -0.138. The molecule has 9 N–H and O–H groups in total. The first-order chi connectivity index (χ1) is 12.3. The van der Waals surface area contributed by atoms with Crippen molar-refractivity contribution in [3.05, 3.63) is 0 Å². The Bertz CT molecular complexity index is 384. The van der Waals surface area contributed by atoms with Crippen LogP contribution in [0.25, 0.3) is 0 Å². The van der Waals surface area contributed by atoms with Gasteiger partial charge in [0, 0.05) is 13.0 Å². The lowest BCUT2D eigenvalue weighted by atomic mass is 10.1. The van der Waals surface area contributed by atoms with E-state index in [0.29, 0.717) is 25.8 Å². The second-order valence-electron chi connectivity index (χ2n) is 6.47. The van der Waals surface area contributed by atoms with E-state index in [2.05, 4.69) is 12.2 Å². The summed E-state index contributed by atoms with van der Waals surface area (Å²) < 4.78 is 0. The molecular weight excluding hydrogens is 370 g/mol. The molecule has 1 amide bonds. The summed E-state index contributed by atoms with van der Waals surface area (Å²) in [4.78, 5) is 20.6. The number of hydrogen-bond acceptors (Lipinski definition) is 4. The number of carboxylic acids is 1. The highest BCUT2D eigenvalue weighted by Crippen LogP contribution is 2.10. The van der Waals surface area contributed by atoms with Crippen molar-refractivity contribution in [2.24, 2.45) is 17.2 Å². The number of carbonyl (C=O) groups is 2. The van der Waals surface area contributed by atoms with Gasteiger partial charge in [-0.1, -0.05) is 58.3 Å². The predicted molar refractivity (Wildman–Crippen MR) is 113 cm³/mol. The molecule has 0 spiro atoms. The van der Waals surface area contributed by atoms with Gasteiger partial charge < -0.3 is 27.6 Å². The fourth-order valence-corrected chi connectivity index (χ4v) is 2.28. The number of rotatable bonds is 15. The molecule has 0 saturated heterocycles. The van der Waals surface area contributed by atoms with E-state index in [1.807, 2.05) is 0 Å². The zero-order chi connectivity index (χ0) is 20.2. The number of aliphatic carboxylic acids is 1. The Morgan fingerprint density at radius 2 is 1.44 bits per heavy atom. The van der Waals surface area contributed by atoms with Gasteiger partial charge in [0.15, 0.2) is 5.96 Å². The van der Waals surface area contributed by atoms with Crippen LogP contribution in [0.1, 0.15) is 84.0 Å². The molecule has 0 aliphatic carbocycles. The minimum atomic E-state index is -1.00. The Morgan fingerprint density at radius 3 is 1.85 bits per heavy atom. The molecule has 0 aromatic carbocycles. The maximum Gasteiger partial charge on any atom is 0.320 e. The maximum atomic E-state index is 10.4. The highest BCUT2D eigenvalue weighted by atomic mass is 35.5. The minimum absolute atomic E-state index is 0. The number of nitrogens with two attached hydrogens (primary N) is 3. The smallest absolute Gasteiger partial charge is 0.320 e. The van der Waals surface area contributed by atoms with E-state index in [9.17, 15) is 9.59 Å². The van der Waals surface area contributed by atoms with Gasteiger partial charge >= 0.3 is 5.97 Å². The summed E-state index contributed by atoms with van der Waals surface area (Å²) in [5.74, 6) is -1.27. The van der Waals surface area contributed by atoms with E-state index in [4.69, 9.17) is 27.7 Å². The van der Waals surface area contributed by atoms with Gasteiger partial charge in [-0.15, -0.1) is 12.4 Å². The summed E-state index contributed by atoms with van der Waals surface area (Å²) in [5, 5.41) is 17.7. The number of hydrogen-bond donors (Lipinski definition) is 6. The van der Waals surface area contributed by atoms with Crippen LogP contribution in [0.4, 0.5) is 0 Å². The van der Waals surface area contributed by atoms with Crippen LogP contribution in [0.3, 0.4) is 0 Å². The molecule has 0 unspecified atom stereocenters. The van der Waals surface area contributed by atoms with Crippen molar-refractivity contribution in [3.63, 3.8) is 0 Å². The van der Waals surface area contributed by atoms with Gasteiger partial charge in [0.2, 0.25) is 5.91 Å². The zero-order valence-electron chi connectivity index (χ0n) is 16.7. The standard InChI is InChI=1S/C12H25NO.C6H14N4O2.ClH/c1-2-3-4-5-6-7-8-9-10-11-12(13)14;7-4(5(11)12)2-1-3-10-6(8)9;/h2-11H2,1H3,(H2,13,14);4H,1-3,7H2,(H,11,12)(H4,8,9,10);1H/t;4-;/m.0./s1. The summed E-state index contributed by atoms with van der Waals surface area (Å²) in [7, 11) is 0. The van der Waals surface area contributed by atoms with Crippen LogP contribution in [-0.4, -0.2) is 35.5 Å². The van der Waals surface area contributed by atoms with Crippen molar-refractivity contribution in [1.82, 2.24) is 5.32 Å². The molecule has 0 radical (unpaired) electrons. The van der Waals surface area contributed by atoms with E-state index in [1.165, 1.54) is 44.9 Å². The highest BCUT2D eigenvalue weighted by Gasteiger charge is 2.09. The molecule has 0 aromatic rings. The van der Waals surface area contributed by atoms with Crippen LogP contribution in [-0.2, 0) is 9.59 Å². The summed E-state index contributed by atoms with van der Waals surface area (Å²) in [5.41, 5.74) is 15.3. The number of carboxylic acid groups (broad SMARTS) is 1. The second kappa shape index (κ2) is 22.5. The molecule has 0 heterocycles. The quantitative estimate of drug-likeness (QED) is 0.138. The largest absolute Gasteiger partial charge is 0.480 e. The number of guanidine groups is 1. The van der Waals surface area contributed by atoms with Crippen molar-refractivity contribution in [2.75, 3.05) is 6.54 Å². The molecule has 0 aliphatic rings. The minimum Gasteiger partial charge on any atom is -0.480 e. The van der Waals surface area contributed by atoms with E-state index in [0.717, 1.165) is 12.8 Å². The van der Waals surface area contributed by atoms with E-state index in [1.54, 1.807) is 0 Å². The van der Waals surface area contributed by atoms with E-state index < -0.39 is 12.0 Å². The third-order valence-corrected chi connectivity index (χ3v) is 3.85. The summed E-state index contributed by atoms with van der Waals surface area (Å²) in [6.45, 7) is 2.72. The van der Waals surface area contributed by atoms with Crippen molar-refractivity contribution in [1.29, 1.82) is 5.41 Å². The Labute approximate surface area is 169 Å². The van der Waals surface area contributed by atoms with Crippen molar-refractivity contribution in [3.8, 4) is 0 Å². The molecule has 1 atom stereocenters. The van der Waals surface area contributed by atoms with Crippen LogP contribution in [0.2, 0.25) is 0 Å². The average molecular weight is 410 g/mol. The monoisotopic (exact) mass is 409 g/mol. The van der Waals surface area contributed by atoms with Crippen molar-refractivity contribution >= 4 is 30.2 Å². The number of halogens is 1. The molecule has 8 nitrogen and oxygen atoms in total. The molecule has 9 heteroatoms. The predicted octanol–water partition coefficient (Wildman–Crippen LogP) is 2.48. The molecular formula is C18H40ClN5O3. The molecule has 0 bridgehead atoms. The molecule has 0 aliphatic heterocycles. The highest BCUT2D eigenvalue weighted by molar-refractivity contribution is 5.85.